The van der Waals surface area contributed by atoms with Crippen LogP contribution in [0.5, 0.6) is 5.75 Å². The molecule has 7 nitrogen and oxygen atoms in total. The van der Waals surface area contributed by atoms with E-state index in [1.54, 1.807) is 0 Å². The van der Waals surface area contributed by atoms with Crippen molar-refractivity contribution in [3.05, 3.63) is 18.2 Å². The van der Waals surface area contributed by atoms with Gasteiger partial charge in [-0.2, -0.15) is 8.42 Å². The van der Waals surface area contributed by atoms with Crippen LogP contribution in [0.2, 0.25) is 0 Å². The summed E-state index contributed by atoms with van der Waals surface area (Å²) in [6.45, 7) is -0.484. The number of benzene rings is 1. The molecular weight excluding hydrogens is 238 g/mol. The van der Waals surface area contributed by atoms with Crippen molar-refractivity contribution >= 4 is 21.8 Å². The molecule has 0 spiro atoms. The summed E-state index contributed by atoms with van der Waals surface area (Å²) in [7, 11) is -4.38. The molecule has 0 saturated carbocycles. The van der Waals surface area contributed by atoms with E-state index >= 15 is 0 Å². The lowest BCUT2D eigenvalue weighted by Crippen LogP contribution is -2.12. The second kappa shape index (κ2) is 4.37. The highest BCUT2D eigenvalue weighted by molar-refractivity contribution is 7.85. The molecule has 1 aromatic carbocycles. The van der Waals surface area contributed by atoms with Crippen molar-refractivity contribution in [3.63, 3.8) is 0 Å². The highest BCUT2D eigenvalue weighted by Gasteiger charge is 2.12. The Kier molecular flexibility index (Phi) is 3.35. The van der Waals surface area contributed by atoms with E-state index in [9.17, 15) is 18.3 Å². The smallest absolute Gasteiger partial charge is 0.322 e. The highest BCUT2D eigenvalue weighted by atomic mass is 32.2. The van der Waals surface area contributed by atoms with E-state index in [4.69, 9.17) is 9.66 Å². The first-order valence-electron chi connectivity index (χ1n) is 4.07. The van der Waals surface area contributed by atoms with Crippen LogP contribution in [-0.4, -0.2) is 35.7 Å². The van der Waals surface area contributed by atoms with Gasteiger partial charge in [-0.25, -0.2) is 0 Å². The zero-order valence-corrected chi connectivity index (χ0v) is 8.73. The number of aliphatic carboxylic acids is 1. The van der Waals surface area contributed by atoms with E-state index in [1.165, 1.54) is 0 Å². The maximum absolute atomic E-state index is 10.8. The van der Waals surface area contributed by atoms with Crippen LogP contribution < -0.4 is 5.32 Å². The molecule has 0 saturated heterocycles. The average Bonchev–Trinajstić information content (AvgIpc) is 2.14. The molecule has 0 amide bonds. The Bertz CT molecular complexity index is 509. The van der Waals surface area contributed by atoms with Gasteiger partial charge in [-0.15, -0.1) is 0 Å². The predicted octanol–water partition coefficient (Wildman–Crippen LogP) is 0.135. The lowest BCUT2D eigenvalue weighted by molar-refractivity contribution is -0.134. The Hall–Kier alpha value is -1.80. The van der Waals surface area contributed by atoms with Gasteiger partial charge >= 0.3 is 5.97 Å². The van der Waals surface area contributed by atoms with Gasteiger partial charge in [0.2, 0.25) is 0 Å². The number of aromatic hydroxyl groups is 1. The van der Waals surface area contributed by atoms with E-state index in [1.807, 2.05) is 0 Å². The Balaban J connectivity index is 3.04. The van der Waals surface area contributed by atoms with Gasteiger partial charge < -0.3 is 15.5 Å². The number of phenols is 1. The molecule has 0 radical (unpaired) electrons. The number of hydrogen-bond acceptors (Lipinski definition) is 5. The van der Waals surface area contributed by atoms with Crippen LogP contribution in [0.25, 0.3) is 0 Å². The summed E-state index contributed by atoms with van der Waals surface area (Å²) in [4.78, 5) is 9.82. The third-order valence-corrected chi connectivity index (χ3v) is 2.55. The standard InChI is InChI=1S/C8H9NO6S/c10-7-2-1-5(16(13,14)15)3-6(7)9-4-8(11)12/h1-3,9-10H,4H2,(H,11,12)(H,13,14,15). The fourth-order valence-electron chi connectivity index (χ4n) is 0.988. The molecule has 0 atom stereocenters. The number of carboxylic acids is 1. The Labute approximate surface area is 91.1 Å². The molecule has 4 N–H and O–H groups in total. The number of hydrogen-bond donors (Lipinski definition) is 4. The fraction of sp³-hybridized carbons (Fsp3) is 0.125. The molecule has 16 heavy (non-hydrogen) atoms. The molecule has 1 rings (SSSR count). The molecule has 1 aromatic rings. The summed E-state index contributed by atoms with van der Waals surface area (Å²) < 4.78 is 30.3. The number of phenolic OH excluding ortho intramolecular Hbond substituents is 1. The van der Waals surface area contributed by atoms with E-state index in [0.717, 1.165) is 18.2 Å². The zero-order chi connectivity index (χ0) is 12.3. The summed E-state index contributed by atoms with van der Waals surface area (Å²) in [6.07, 6.45) is 0. The van der Waals surface area contributed by atoms with Crippen LogP contribution in [0, 0.1) is 0 Å². The van der Waals surface area contributed by atoms with Crippen LogP contribution in [0.3, 0.4) is 0 Å². The van der Waals surface area contributed by atoms with Crippen molar-refractivity contribution in [2.24, 2.45) is 0 Å². The Morgan fingerprint density at radius 1 is 1.38 bits per heavy atom. The van der Waals surface area contributed by atoms with Gasteiger partial charge in [0.25, 0.3) is 10.1 Å². The van der Waals surface area contributed by atoms with Gasteiger partial charge in [-0.3, -0.25) is 9.35 Å². The van der Waals surface area contributed by atoms with Crippen molar-refractivity contribution < 1.29 is 28.0 Å². The summed E-state index contributed by atoms with van der Waals surface area (Å²) in [5.41, 5.74) is -0.0856. The second-order valence-corrected chi connectivity index (χ2v) is 4.32. The third kappa shape index (κ3) is 3.11. The molecule has 0 fully saturated rings. The van der Waals surface area contributed by atoms with Crippen LogP contribution in [0.4, 0.5) is 5.69 Å². The van der Waals surface area contributed by atoms with Crippen LogP contribution in [-0.2, 0) is 14.9 Å². The van der Waals surface area contributed by atoms with Gasteiger partial charge in [-0.05, 0) is 18.2 Å². The minimum atomic E-state index is -4.38. The Morgan fingerprint density at radius 2 is 2.00 bits per heavy atom. The summed E-state index contributed by atoms with van der Waals surface area (Å²) in [6, 6.07) is 2.97. The predicted molar refractivity (Wildman–Crippen MR) is 54.0 cm³/mol. The highest BCUT2D eigenvalue weighted by Crippen LogP contribution is 2.25. The van der Waals surface area contributed by atoms with Crippen LogP contribution in [0.1, 0.15) is 0 Å². The first-order valence-corrected chi connectivity index (χ1v) is 5.51. The zero-order valence-electron chi connectivity index (χ0n) is 7.91. The number of anilines is 1. The van der Waals surface area contributed by atoms with Crippen molar-refractivity contribution in [1.29, 1.82) is 0 Å². The van der Waals surface area contributed by atoms with Gasteiger partial charge in [0.05, 0.1) is 10.6 Å². The summed E-state index contributed by atoms with van der Waals surface area (Å²) in [5, 5.41) is 20.0. The number of carboxylic acid groups (broad SMARTS) is 1. The third-order valence-electron chi connectivity index (χ3n) is 1.70. The fourth-order valence-corrected chi connectivity index (χ4v) is 1.49. The largest absolute Gasteiger partial charge is 0.506 e. The van der Waals surface area contributed by atoms with E-state index in [-0.39, 0.29) is 11.4 Å². The van der Waals surface area contributed by atoms with Crippen molar-refractivity contribution in [1.82, 2.24) is 0 Å². The quantitative estimate of drug-likeness (QED) is 0.440. The minimum Gasteiger partial charge on any atom is -0.506 e. The van der Waals surface area contributed by atoms with Gasteiger partial charge in [0, 0.05) is 0 Å². The summed E-state index contributed by atoms with van der Waals surface area (Å²) in [5.74, 6) is -1.48. The first kappa shape index (κ1) is 12.3. The average molecular weight is 247 g/mol. The number of carbonyl (C=O) groups is 1. The van der Waals surface area contributed by atoms with Crippen molar-refractivity contribution in [2.75, 3.05) is 11.9 Å². The maximum Gasteiger partial charge on any atom is 0.322 e. The molecule has 0 aliphatic carbocycles. The Morgan fingerprint density at radius 3 is 2.50 bits per heavy atom. The van der Waals surface area contributed by atoms with E-state index < -0.39 is 27.5 Å². The first-order chi connectivity index (χ1) is 7.30. The monoisotopic (exact) mass is 247 g/mol. The molecule has 0 aliphatic heterocycles. The summed E-state index contributed by atoms with van der Waals surface area (Å²) >= 11 is 0. The van der Waals surface area contributed by atoms with Crippen molar-refractivity contribution in [2.45, 2.75) is 4.90 Å². The van der Waals surface area contributed by atoms with Gasteiger partial charge in [-0.1, -0.05) is 0 Å². The number of nitrogens with one attached hydrogen (secondary N) is 1. The molecule has 0 unspecified atom stereocenters. The molecule has 0 bridgehead atoms. The van der Waals surface area contributed by atoms with E-state index in [2.05, 4.69) is 5.32 Å². The lowest BCUT2D eigenvalue weighted by Gasteiger charge is -2.07. The lowest BCUT2D eigenvalue weighted by atomic mass is 10.3. The SMILES string of the molecule is O=C(O)CNc1cc(S(=O)(=O)O)ccc1O. The molecule has 0 aliphatic rings. The molecule has 8 heteroatoms. The van der Waals surface area contributed by atoms with E-state index in [0.29, 0.717) is 0 Å². The van der Waals surface area contributed by atoms with Crippen molar-refractivity contribution in [3.8, 4) is 5.75 Å². The molecule has 0 heterocycles. The number of rotatable bonds is 4. The normalized spacial score (nSPS) is 11.1. The molecule has 0 aromatic heterocycles. The molecular formula is C8H9NO6S. The van der Waals surface area contributed by atoms with Gasteiger partial charge in [0.15, 0.2) is 0 Å². The second-order valence-electron chi connectivity index (χ2n) is 2.90. The maximum atomic E-state index is 10.8. The van der Waals surface area contributed by atoms with Crippen LogP contribution >= 0.6 is 0 Å². The minimum absolute atomic E-state index is 0.0856. The topological polar surface area (TPSA) is 124 Å². The molecule has 88 valence electrons. The van der Waals surface area contributed by atoms with Crippen LogP contribution in [0.15, 0.2) is 23.1 Å². The van der Waals surface area contributed by atoms with Gasteiger partial charge in [0.1, 0.15) is 12.3 Å².